The second-order valence-corrected chi connectivity index (χ2v) is 3.26. The molecule has 3 heteroatoms. The molecule has 1 atom stereocenters. The van der Waals surface area contributed by atoms with Crippen molar-refractivity contribution in [2.75, 3.05) is 6.61 Å². The zero-order valence-electron chi connectivity index (χ0n) is 7.59. The van der Waals surface area contributed by atoms with Gasteiger partial charge in [0.25, 0.3) is 0 Å². The van der Waals surface area contributed by atoms with E-state index in [1.165, 1.54) is 5.56 Å². The van der Waals surface area contributed by atoms with Gasteiger partial charge in [-0.05, 0) is 25.5 Å². The third-order valence-corrected chi connectivity index (χ3v) is 1.96. The molecule has 3 nitrogen and oxygen atoms in total. The Morgan fingerprint density at radius 3 is 2.67 bits per heavy atom. The lowest BCUT2D eigenvalue weighted by Gasteiger charge is -2.06. The highest BCUT2D eigenvalue weighted by Crippen LogP contribution is 2.10. The van der Waals surface area contributed by atoms with Gasteiger partial charge in [0.15, 0.2) is 0 Å². The molecule has 0 saturated heterocycles. The molecule has 1 aromatic rings. The Balaban J connectivity index is 2.68. The van der Waals surface area contributed by atoms with E-state index in [4.69, 9.17) is 10.8 Å². The Bertz CT molecular complexity index is 255. The lowest BCUT2D eigenvalue weighted by atomic mass is 10.1. The van der Waals surface area contributed by atoms with Crippen molar-refractivity contribution in [2.24, 2.45) is 5.73 Å². The second-order valence-electron chi connectivity index (χ2n) is 3.26. The van der Waals surface area contributed by atoms with Crippen molar-refractivity contribution < 1.29 is 5.11 Å². The summed E-state index contributed by atoms with van der Waals surface area (Å²) in [6.45, 7) is 4.10. The first-order valence-electron chi connectivity index (χ1n) is 4.15. The molecule has 4 N–H and O–H groups in total. The van der Waals surface area contributed by atoms with E-state index < -0.39 is 0 Å². The third kappa shape index (κ3) is 2.09. The van der Waals surface area contributed by atoms with E-state index in [0.717, 1.165) is 17.8 Å². The van der Waals surface area contributed by atoms with Crippen LogP contribution in [0.1, 0.15) is 17.0 Å². The van der Waals surface area contributed by atoms with Crippen LogP contribution in [-0.2, 0) is 6.42 Å². The third-order valence-electron chi connectivity index (χ3n) is 1.96. The summed E-state index contributed by atoms with van der Waals surface area (Å²) in [6, 6.07) is 1.93. The largest absolute Gasteiger partial charge is 0.395 e. The van der Waals surface area contributed by atoms with Crippen molar-refractivity contribution in [2.45, 2.75) is 26.3 Å². The number of aliphatic hydroxyl groups is 1. The lowest BCUT2D eigenvalue weighted by molar-refractivity contribution is 0.264. The number of aromatic amines is 1. The molecule has 0 saturated carbocycles. The standard InChI is InChI=1S/C9H16N2O/c1-6-3-7(2)11-9(6)4-8(10)5-12/h3,8,11-12H,4-5,10H2,1-2H3. The fourth-order valence-corrected chi connectivity index (χ4v) is 1.32. The minimum atomic E-state index is -0.151. The van der Waals surface area contributed by atoms with Crippen LogP contribution < -0.4 is 5.73 Å². The smallest absolute Gasteiger partial charge is 0.0586 e. The SMILES string of the molecule is Cc1cc(C)c(CC(N)CO)[nH]1. The average Bonchev–Trinajstić information content (AvgIpc) is 2.30. The number of H-pyrrole nitrogens is 1. The number of hydrogen-bond acceptors (Lipinski definition) is 2. The molecule has 0 amide bonds. The van der Waals surface area contributed by atoms with Gasteiger partial charge in [-0.3, -0.25) is 0 Å². The van der Waals surface area contributed by atoms with E-state index in [2.05, 4.69) is 11.1 Å². The number of aryl methyl sites for hydroxylation is 2. The Morgan fingerprint density at radius 2 is 2.25 bits per heavy atom. The summed E-state index contributed by atoms with van der Waals surface area (Å²) < 4.78 is 0. The topological polar surface area (TPSA) is 62.0 Å². The van der Waals surface area contributed by atoms with Crippen molar-refractivity contribution >= 4 is 0 Å². The summed E-state index contributed by atoms with van der Waals surface area (Å²) in [5, 5.41) is 8.75. The van der Waals surface area contributed by atoms with Crippen molar-refractivity contribution in [1.29, 1.82) is 0 Å². The molecule has 0 radical (unpaired) electrons. The van der Waals surface area contributed by atoms with Gasteiger partial charge in [-0.25, -0.2) is 0 Å². The van der Waals surface area contributed by atoms with E-state index in [-0.39, 0.29) is 12.6 Å². The molecular formula is C9H16N2O. The van der Waals surface area contributed by atoms with Crippen LogP contribution in [0.3, 0.4) is 0 Å². The summed E-state index contributed by atoms with van der Waals surface area (Å²) in [4.78, 5) is 3.22. The molecule has 0 fully saturated rings. The van der Waals surface area contributed by atoms with Gasteiger partial charge in [-0.1, -0.05) is 0 Å². The molecule has 1 aromatic heterocycles. The van der Waals surface area contributed by atoms with Gasteiger partial charge < -0.3 is 15.8 Å². The van der Waals surface area contributed by atoms with Crippen LogP contribution in [0, 0.1) is 13.8 Å². The minimum absolute atomic E-state index is 0.0392. The Hall–Kier alpha value is -0.800. The summed E-state index contributed by atoms with van der Waals surface area (Å²) in [7, 11) is 0. The maximum atomic E-state index is 8.75. The first kappa shape index (κ1) is 9.29. The van der Waals surface area contributed by atoms with E-state index in [0.29, 0.717) is 0 Å². The predicted molar refractivity (Wildman–Crippen MR) is 49.0 cm³/mol. The summed E-state index contributed by atoms with van der Waals surface area (Å²) in [6.07, 6.45) is 0.718. The van der Waals surface area contributed by atoms with Crippen molar-refractivity contribution in [3.05, 3.63) is 23.0 Å². The molecule has 0 spiro atoms. The van der Waals surface area contributed by atoms with E-state index in [1.807, 2.05) is 13.8 Å². The van der Waals surface area contributed by atoms with Crippen molar-refractivity contribution in [3.8, 4) is 0 Å². The highest BCUT2D eigenvalue weighted by molar-refractivity contribution is 5.24. The fourth-order valence-electron chi connectivity index (χ4n) is 1.32. The van der Waals surface area contributed by atoms with Gasteiger partial charge in [0.05, 0.1) is 6.61 Å². The Labute approximate surface area is 72.6 Å². The second kappa shape index (κ2) is 3.74. The maximum absolute atomic E-state index is 8.75. The van der Waals surface area contributed by atoms with Crippen LogP contribution in [0.4, 0.5) is 0 Å². The van der Waals surface area contributed by atoms with Crippen LogP contribution in [0.25, 0.3) is 0 Å². The van der Waals surface area contributed by atoms with Gasteiger partial charge >= 0.3 is 0 Å². The van der Waals surface area contributed by atoms with Gasteiger partial charge in [0, 0.05) is 23.9 Å². The van der Waals surface area contributed by atoms with Crippen LogP contribution in [0.2, 0.25) is 0 Å². The van der Waals surface area contributed by atoms with Crippen molar-refractivity contribution in [1.82, 2.24) is 4.98 Å². The zero-order valence-corrected chi connectivity index (χ0v) is 7.59. The molecule has 12 heavy (non-hydrogen) atoms. The van der Waals surface area contributed by atoms with E-state index >= 15 is 0 Å². The van der Waals surface area contributed by atoms with Crippen LogP contribution in [-0.4, -0.2) is 22.7 Å². The molecular weight excluding hydrogens is 152 g/mol. The highest BCUT2D eigenvalue weighted by atomic mass is 16.3. The molecule has 1 heterocycles. The van der Waals surface area contributed by atoms with E-state index in [1.54, 1.807) is 0 Å². The number of hydrogen-bond donors (Lipinski definition) is 3. The monoisotopic (exact) mass is 168 g/mol. The molecule has 1 unspecified atom stereocenters. The average molecular weight is 168 g/mol. The zero-order chi connectivity index (χ0) is 9.14. The predicted octanol–water partition coefficient (Wildman–Crippen LogP) is 0.494. The summed E-state index contributed by atoms with van der Waals surface area (Å²) in [5.41, 5.74) is 9.11. The van der Waals surface area contributed by atoms with Gasteiger partial charge in [-0.15, -0.1) is 0 Å². The lowest BCUT2D eigenvalue weighted by Crippen LogP contribution is -2.27. The molecule has 0 bridgehead atoms. The molecule has 0 aliphatic heterocycles. The quantitative estimate of drug-likeness (QED) is 0.615. The van der Waals surface area contributed by atoms with Crippen molar-refractivity contribution in [3.63, 3.8) is 0 Å². The normalized spacial score (nSPS) is 13.3. The summed E-state index contributed by atoms with van der Waals surface area (Å²) >= 11 is 0. The fraction of sp³-hybridized carbons (Fsp3) is 0.556. The molecule has 0 aromatic carbocycles. The van der Waals surface area contributed by atoms with Crippen LogP contribution >= 0.6 is 0 Å². The summed E-state index contributed by atoms with van der Waals surface area (Å²) in [5.74, 6) is 0. The molecule has 0 aliphatic rings. The molecule has 68 valence electrons. The Morgan fingerprint density at radius 1 is 1.58 bits per heavy atom. The number of nitrogens with two attached hydrogens (primary N) is 1. The van der Waals surface area contributed by atoms with Gasteiger partial charge in [0.1, 0.15) is 0 Å². The number of nitrogens with one attached hydrogen (secondary N) is 1. The molecule has 0 aliphatic carbocycles. The first-order valence-corrected chi connectivity index (χ1v) is 4.15. The van der Waals surface area contributed by atoms with Crippen LogP contribution in [0.15, 0.2) is 6.07 Å². The van der Waals surface area contributed by atoms with Gasteiger partial charge in [-0.2, -0.15) is 0 Å². The number of aliphatic hydroxyl groups excluding tert-OH is 1. The number of rotatable bonds is 3. The van der Waals surface area contributed by atoms with Crippen LogP contribution in [0.5, 0.6) is 0 Å². The van der Waals surface area contributed by atoms with E-state index in [9.17, 15) is 0 Å². The first-order chi connectivity index (χ1) is 5.63. The Kier molecular flexibility index (Phi) is 2.89. The maximum Gasteiger partial charge on any atom is 0.0586 e. The van der Waals surface area contributed by atoms with Gasteiger partial charge in [0.2, 0.25) is 0 Å². The minimum Gasteiger partial charge on any atom is -0.395 e. The molecule has 1 rings (SSSR count). The number of aromatic nitrogens is 1. The highest BCUT2D eigenvalue weighted by Gasteiger charge is 2.06.